The van der Waals surface area contributed by atoms with Gasteiger partial charge in [0.05, 0.1) is 66.2 Å². The van der Waals surface area contributed by atoms with E-state index in [1.165, 1.54) is 248 Å². The highest BCUT2D eigenvalue weighted by Gasteiger charge is 2.24. The largest absolute Gasteiger partial charge is 0.309 e. The van der Waals surface area contributed by atoms with E-state index >= 15 is 0 Å². The normalized spacial score (nSPS) is 11.6. The Morgan fingerprint density at radius 1 is 0.0800 bits per heavy atom. The van der Waals surface area contributed by atoms with E-state index in [1.54, 1.807) is 0 Å². The zero-order valence-electron chi connectivity index (χ0n) is 82.1. The summed E-state index contributed by atoms with van der Waals surface area (Å²) < 4.78 is 14.4. The van der Waals surface area contributed by atoms with Crippen LogP contribution >= 0.6 is 0 Å². The van der Waals surface area contributed by atoms with Gasteiger partial charge < -0.3 is 27.4 Å². The maximum atomic E-state index is 2.43. The highest BCUT2D eigenvalue weighted by atomic mass is 15.0. The van der Waals surface area contributed by atoms with Crippen LogP contribution in [0.4, 0.5) is 0 Å². The minimum absolute atomic E-state index is 1.15. The van der Waals surface area contributed by atoms with Gasteiger partial charge in [0, 0.05) is 98.8 Å². The lowest BCUT2D eigenvalue weighted by molar-refractivity contribution is 1.18. The lowest BCUT2D eigenvalue weighted by Gasteiger charge is -2.13. The third-order valence-electron chi connectivity index (χ3n) is 30.4. The average Bonchev–Trinajstić information content (AvgIpc) is 1.58. The molecule has 702 valence electrons. The maximum Gasteiger partial charge on any atom is 0.0547 e. The lowest BCUT2D eigenvalue weighted by atomic mass is 9.94. The number of rotatable bonds is 15. The van der Waals surface area contributed by atoms with Gasteiger partial charge in [-0.15, -0.1) is 0 Å². The first-order chi connectivity index (χ1) is 74.4. The Balaban J connectivity index is 0.000000108. The van der Waals surface area contributed by atoms with Crippen LogP contribution in [0.5, 0.6) is 0 Å². The third kappa shape index (κ3) is 15.5. The van der Waals surface area contributed by atoms with Crippen molar-refractivity contribution >= 4 is 131 Å². The van der Waals surface area contributed by atoms with E-state index in [4.69, 9.17) is 0 Å². The van der Waals surface area contributed by atoms with Crippen molar-refractivity contribution in [3.8, 4) is 134 Å². The van der Waals surface area contributed by atoms with Crippen molar-refractivity contribution in [1.82, 2.24) is 27.4 Å². The zero-order chi connectivity index (χ0) is 99.1. The summed E-state index contributed by atoms with van der Waals surface area (Å²) in [6.45, 7) is 0. The van der Waals surface area contributed by atoms with Gasteiger partial charge in [-0.2, -0.15) is 0 Å². The molecule has 0 aliphatic heterocycles. The average molecular weight is 1910 g/mol. The summed E-state index contributed by atoms with van der Waals surface area (Å²) in [7, 11) is 0. The molecule has 6 aromatic heterocycles. The van der Waals surface area contributed by atoms with Gasteiger partial charge in [0.1, 0.15) is 0 Å². The number of hydrogen-bond donors (Lipinski definition) is 0. The maximum absolute atomic E-state index is 2.43. The fourth-order valence-electron chi connectivity index (χ4n) is 23.3. The summed E-state index contributed by atoms with van der Waals surface area (Å²) in [6.07, 6.45) is 0. The van der Waals surface area contributed by atoms with E-state index in [0.717, 1.165) is 17.1 Å². The minimum atomic E-state index is 1.15. The van der Waals surface area contributed by atoms with E-state index in [-0.39, 0.29) is 0 Å². The molecule has 6 heteroatoms. The lowest BCUT2D eigenvalue weighted by Crippen LogP contribution is -1.95. The summed E-state index contributed by atoms with van der Waals surface area (Å²) in [5, 5.41) is 15.1. The predicted molar refractivity (Wildman–Crippen MR) is 634 cm³/mol. The van der Waals surface area contributed by atoms with Crippen LogP contribution in [0.15, 0.2) is 582 Å². The molecule has 0 spiro atoms. The fourth-order valence-corrected chi connectivity index (χ4v) is 23.3. The van der Waals surface area contributed by atoms with Gasteiger partial charge in [-0.3, -0.25) is 0 Å². The molecular formula is C144H96N6. The molecule has 6 heterocycles. The van der Waals surface area contributed by atoms with Gasteiger partial charge in [-0.1, -0.05) is 431 Å². The van der Waals surface area contributed by atoms with Crippen LogP contribution in [0.2, 0.25) is 0 Å². The van der Waals surface area contributed by atoms with E-state index in [9.17, 15) is 0 Å². The second-order valence-corrected chi connectivity index (χ2v) is 39.0. The summed E-state index contributed by atoms with van der Waals surface area (Å²) >= 11 is 0. The summed E-state index contributed by atoms with van der Waals surface area (Å²) in [4.78, 5) is 0. The first kappa shape index (κ1) is 87.8. The van der Waals surface area contributed by atoms with Gasteiger partial charge in [-0.25, -0.2) is 0 Å². The molecule has 0 fully saturated rings. The van der Waals surface area contributed by atoms with Crippen LogP contribution in [0, 0.1) is 0 Å². The summed E-state index contributed by atoms with van der Waals surface area (Å²) in [5.74, 6) is 0. The molecule has 150 heavy (non-hydrogen) atoms. The number of nitrogens with zero attached hydrogens (tertiary/aromatic N) is 6. The van der Waals surface area contributed by atoms with Crippen molar-refractivity contribution in [3.05, 3.63) is 582 Å². The summed E-state index contributed by atoms with van der Waals surface area (Å²) in [6, 6.07) is 211. The first-order valence-corrected chi connectivity index (χ1v) is 51.6. The van der Waals surface area contributed by atoms with Crippen LogP contribution in [-0.4, -0.2) is 27.4 Å². The summed E-state index contributed by atoms with van der Waals surface area (Å²) in [5.41, 5.74) is 43.3. The highest BCUT2D eigenvalue weighted by Crippen LogP contribution is 2.46. The molecule has 0 aliphatic rings. The quantitative estimate of drug-likeness (QED) is 0.0979. The molecule has 30 rings (SSSR count). The SMILES string of the molecule is c1ccc(-c2ccc(-c3cccc(-n4c5ccccc5c5ccc(-c6ccc7c8ccccc8n(-c8ccccc8)c7c6)cc54)c3)cc2)cc1.c1ccc(-c2cccc(-c3ccc(-n4c5ccccc5c5ccc(-c6ccc7c8ccccc8n(-c8ccccc8)c7c6)cc54)cc3)c2)cc1.c1ccc(-c2ccccc2-c2ccc(-n3c4ccccc4c4ccc(-c5ccc6c7ccccc7n(-c7ccccc7)c6c5)cc43)cc2)cc1. The Bertz CT molecular complexity index is 10400. The predicted octanol–water partition coefficient (Wildman–Crippen LogP) is 38.6. The Hall–Kier alpha value is -19.9. The van der Waals surface area contributed by atoms with Crippen molar-refractivity contribution in [2.75, 3.05) is 0 Å². The van der Waals surface area contributed by atoms with Crippen molar-refractivity contribution in [2.45, 2.75) is 0 Å². The smallest absolute Gasteiger partial charge is 0.0547 e. The molecule has 0 unspecified atom stereocenters. The van der Waals surface area contributed by atoms with Gasteiger partial charge in [0.2, 0.25) is 0 Å². The van der Waals surface area contributed by atoms with E-state index in [0.29, 0.717) is 0 Å². The molecule has 0 bridgehead atoms. The second-order valence-electron chi connectivity index (χ2n) is 39.0. The molecule has 0 radical (unpaired) electrons. The molecule has 0 saturated heterocycles. The minimum Gasteiger partial charge on any atom is -0.309 e. The molecule has 30 aromatic rings. The third-order valence-corrected chi connectivity index (χ3v) is 30.4. The van der Waals surface area contributed by atoms with Gasteiger partial charge in [0.15, 0.2) is 0 Å². The Kier molecular flexibility index (Phi) is 21.9. The Labute approximate surface area is 868 Å². The topological polar surface area (TPSA) is 29.6 Å². The number of hydrogen-bond acceptors (Lipinski definition) is 0. The monoisotopic (exact) mass is 1910 g/mol. The number of aromatic nitrogens is 6. The van der Waals surface area contributed by atoms with Crippen LogP contribution in [0.3, 0.4) is 0 Å². The van der Waals surface area contributed by atoms with Gasteiger partial charge in [0.25, 0.3) is 0 Å². The molecule has 0 atom stereocenters. The van der Waals surface area contributed by atoms with Crippen LogP contribution in [0.1, 0.15) is 0 Å². The van der Waals surface area contributed by atoms with Crippen molar-refractivity contribution in [2.24, 2.45) is 0 Å². The molecule has 0 aliphatic carbocycles. The molecular weight excluding hydrogens is 1810 g/mol. The zero-order valence-corrected chi connectivity index (χ0v) is 82.1. The number of benzene rings is 24. The first-order valence-electron chi connectivity index (χ1n) is 51.6. The van der Waals surface area contributed by atoms with Crippen LogP contribution in [-0.2, 0) is 0 Å². The molecule has 0 saturated carbocycles. The Morgan fingerprint density at radius 3 is 0.533 bits per heavy atom. The highest BCUT2D eigenvalue weighted by molar-refractivity contribution is 6.17. The van der Waals surface area contributed by atoms with Crippen LogP contribution < -0.4 is 0 Å². The number of para-hydroxylation sites is 9. The van der Waals surface area contributed by atoms with E-state index in [2.05, 4.69) is 610 Å². The molecule has 0 N–H and O–H groups in total. The molecule has 0 amide bonds. The van der Waals surface area contributed by atoms with Gasteiger partial charge in [-0.05, 0) is 252 Å². The molecule has 24 aromatic carbocycles. The fraction of sp³-hybridized carbons (Fsp3) is 0. The molecule has 6 nitrogen and oxygen atoms in total. The van der Waals surface area contributed by atoms with Crippen molar-refractivity contribution in [3.63, 3.8) is 0 Å². The van der Waals surface area contributed by atoms with E-state index in [1.807, 2.05) is 0 Å². The van der Waals surface area contributed by atoms with Crippen molar-refractivity contribution < 1.29 is 0 Å². The van der Waals surface area contributed by atoms with E-state index < -0.39 is 0 Å². The van der Waals surface area contributed by atoms with Gasteiger partial charge >= 0.3 is 0 Å². The Morgan fingerprint density at radius 2 is 0.240 bits per heavy atom. The van der Waals surface area contributed by atoms with Crippen molar-refractivity contribution in [1.29, 1.82) is 0 Å². The van der Waals surface area contributed by atoms with Crippen LogP contribution in [0.25, 0.3) is 265 Å². The second kappa shape index (κ2) is 37.4. The standard InChI is InChI=1S/3C48H32N2/c1-3-12-33(13-4-1)35-14-11-15-36(30-35)34-22-26-40(27-23-34)50-46-21-10-8-19-42(46)44-29-25-38(32-48(44)50)37-24-28-43-41-18-7-9-20-45(41)49(47(43)31-37)39-16-5-2-6-17-39;1-3-12-33(13-4-1)34-22-24-35(25-23-34)36-14-11-17-40(30-36)50-46-21-10-8-19-42(46)44-29-27-38(32-48(44)50)37-26-28-43-41-18-7-9-20-45(41)49(47(43)31-37)39-15-5-2-6-16-39;1-3-13-33(14-4-1)39-17-7-8-18-40(39)34-23-27-38(28-24-34)50-46-22-12-10-20-42(46)44-30-26-36(32-48(44)50)35-25-29-43-41-19-9-11-21-45(41)49(47(43)31-35)37-15-5-2-6-16-37/h3*1-32H. The number of fused-ring (bicyclic) bond motifs is 18.